The zero-order valence-electron chi connectivity index (χ0n) is 30.7. The number of nitrogens with one attached hydrogen (secondary N) is 1. The van der Waals surface area contributed by atoms with E-state index in [-0.39, 0.29) is 55.0 Å². The third-order valence-corrected chi connectivity index (χ3v) is 8.74. The number of ether oxygens (including phenoxy) is 4. The van der Waals surface area contributed by atoms with E-state index in [4.69, 9.17) is 40.8 Å². The SMILES string of the molecule is COCCCOc1cc(CC(CC(N)C(CC(C(=O)NCC(C)(C)C(N)=O)C(C)C)OC(=O)CCCCON(O)O)C(C)C)ccc1OC. The summed E-state index contributed by atoms with van der Waals surface area (Å²) in [6, 6.07) is 5.28. The summed E-state index contributed by atoms with van der Waals surface area (Å²) in [5.74, 6) is -0.337. The average molecular weight is 699 g/mol. The van der Waals surface area contributed by atoms with Crippen LogP contribution >= 0.6 is 0 Å². The van der Waals surface area contributed by atoms with Gasteiger partial charge in [-0.2, -0.15) is 0 Å². The van der Waals surface area contributed by atoms with Crippen molar-refractivity contribution in [2.24, 2.45) is 40.6 Å². The Morgan fingerprint density at radius 2 is 1.63 bits per heavy atom. The number of hydrogen-bond acceptors (Lipinski definition) is 12. The molecule has 0 aliphatic heterocycles. The molecule has 14 heteroatoms. The molecular weight excluding hydrogens is 636 g/mol. The van der Waals surface area contributed by atoms with E-state index >= 15 is 0 Å². The Bertz CT molecular complexity index is 1130. The molecular formula is C35H62N4O10. The molecule has 4 unspecified atom stereocenters. The van der Waals surface area contributed by atoms with Crippen molar-refractivity contribution < 1.29 is 48.6 Å². The van der Waals surface area contributed by atoms with Crippen LogP contribution in [-0.2, 0) is 35.1 Å². The first-order valence-corrected chi connectivity index (χ1v) is 17.1. The van der Waals surface area contributed by atoms with Gasteiger partial charge >= 0.3 is 5.97 Å². The maximum absolute atomic E-state index is 13.4. The van der Waals surface area contributed by atoms with Crippen LogP contribution in [0.3, 0.4) is 0 Å². The van der Waals surface area contributed by atoms with Gasteiger partial charge in [-0.1, -0.05) is 33.8 Å². The van der Waals surface area contributed by atoms with Crippen LogP contribution in [0.4, 0.5) is 0 Å². The van der Waals surface area contributed by atoms with E-state index in [2.05, 4.69) is 24.0 Å². The number of benzene rings is 1. The Morgan fingerprint density at radius 1 is 0.939 bits per heavy atom. The van der Waals surface area contributed by atoms with Gasteiger partial charge in [-0.25, -0.2) is 0 Å². The van der Waals surface area contributed by atoms with Crippen LogP contribution in [0.1, 0.15) is 85.6 Å². The molecule has 0 bridgehead atoms. The molecule has 1 aromatic carbocycles. The zero-order chi connectivity index (χ0) is 37.1. The topological polar surface area (TPSA) is 205 Å². The number of rotatable bonds is 26. The molecule has 0 heterocycles. The molecule has 0 aromatic heterocycles. The molecule has 282 valence electrons. The highest BCUT2D eigenvalue weighted by atomic mass is 17.1. The van der Waals surface area contributed by atoms with E-state index in [0.29, 0.717) is 50.4 Å². The molecule has 0 fully saturated rings. The van der Waals surface area contributed by atoms with Crippen molar-refractivity contribution >= 4 is 17.8 Å². The first kappa shape index (κ1) is 44.0. The van der Waals surface area contributed by atoms with E-state index in [1.165, 1.54) is 0 Å². The highest BCUT2D eigenvalue weighted by Crippen LogP contribution is 2.32. The van der Waals surface area contributed by atoms with Gasteiger partial charge in [0, 0.05) is 45.1 Å². The predicted molar refractivity (Wildman–Crippen MR) is 184 cm³/mol. The Labute approximate surface area is 292 Å². The van der Waals surface area contributed by atoms with Gasteiger partial charge in [0.1, 0.15) is 6.10 Å². The second-order valence-electron chi connectivity index (χ2n) is 13.9. The van der Waals surface area contributed by atoms with Gasteiger partial charge in [-0.3, -0.25) is 29.6 Å². The molecule has 0 aliphatic rings. The second-order valence-corrected chi connectivity index (χ2v) is 13.9. The normalized spacial score (nSPS) is 14.4. The van der Waals surface area contributed by atoms with Crippen molar-refractivity contribution in [2.45, 2.75) is 98.6 Å². The van der Waals surface area contributed by atoms with Crippen molar-refractivity contribution in [1.29, 1.82) is 0 Å². The summed E-state index contributed by atoms with van der Waals surface area (Å²) in [5, 5.41) is 19.9. The van der Waals surface area contributed by atoms with Crippen LogP contribution in [0.25, 0.3) is 0 Å². The fourth-order valence-corrected chi connectivity index (χ4v) is 5.26. The van der Waals surface area contributed by atoms with Crippen molar-refractivity contribution in [3.05, 3.63) is 23.8 Å². The molecule has 2 amide bonds. The molecule has 0 radical (unpaired) electrons. The molecule has 1 rings (SSSR count). The van der Waals surface area contributed by atoms with Crippen LogP contribution in [-0.4, -0.2) is 86.3 Å². The summed E-state index contributed by atoms with van der Waals surface area (Å²) in [6.07, 6.45) is 2.18. The summed E-state index contributed by atoms with van der Waals surface area (Å²) >= 11 is 0. The largest absolute Gasteiger partial charge is 0.493 e. The molecule has 0 spiro atoms. The predicted octanol–water partition coefficient (Wildman–Crippen LogP) is 4.03. The molecule has 14 nitrogen and oxygen atoms in total. The van der Waals surface area contributed by atoms with Gasteiger partial charge in [-0.15, -0.1) is 0 Å². The maximum atomic E-state index is 13.4. The number of carbonyl (C=O) groups excluding carboxylic acids is 3. The number of nitrogens with two attached hydrogens (primary N) is 2. The highest BCUT2D eigenvalue weighted by Gasteiger charge is 2.34. The van der Waals surface area contributed by atoms with Gasteiger partial charge in [0.05, 0.1) is 31.1 Å². The Kier molecular flexibility index (Phi) is 20.3. The van der Waals surface area contributed by atoms with E-state index in [9.17, 15) is 14.4 Å². The van der Waals surface area contributed by atoms with Crippen LogP contribution in [0.5, 0.6) is 11.5 Å². The summed E-state index contributed by atoms with van der Waals surface area (Å²) in [6.45, 7) is 12.5. The minimum atomic E-state index is -0.937. The lowest BCUT2D eigenvalue weighted by Crippen LogP contribution is -2.47. The second kappa shape index (κ2) is 22.7. The summed E-state index contributed by atoms with van der Waals surface area (Å²) < 4.78 is 22.6. The molecule has 7 N–H and O–H groups in total. The molecule has 1 aromatic rings. The molecule has 4 atom stereocenters. The maximum Gasteiger partial charge on any atom is 0.306 e. The van der Waals surface area contributed by atoms with Gasteiger partial charge in [0.25, 0.3) is 0 Å². The molecule has 0 aliphatic carbocycles. The van der Waals surface area contributed by atoms with Crippen LogP contribution < -0.4 is 26.3 Å². The highest BCUT2D eigenvalue weighted by molar-refractivity contribution is 5.83. The summed E-state index contributed by atoms with van der Waals surface area (Å²) in [7, 11) is 3.25. The smallest absolute Gasteiger partial charge is 0.306 e. The average Bonchev–Trinajstić information content (AvgIpc) is 3.03. The standard InChI is InChI=1S/C35H62N4O10/c1-23(2)26(18-25-13-14-29(46-8)31(19-25)47-16-11-15-45-7)20-28(36)30(49-32(40)12-9-10-17-48-39(43)44)21-27(24(3)4)33(41)38-22-35(5,6)34(37)42/h13-14,19,23-24,26-28,30,43-44H,9-12,15-18,20-22,36H2,1-8H3,(H2,37,42)(H,38,41). The van der Waals surface area contributed by atoms with E-state index in [1.807, 2.05) is 32.0 Å². The van der Waals surface area contributed by atoms with Gasteiger partial charge in [-0.05, 0) is 81.4 Å². The third kappa shape index (κ3) is 17.0. The van der Waals surface area contributed by atoms with Crippen molar-refractivity contribution in [1.82, 2.24) is 10.7 Å². The fourth-order valence-electron chi connectivity index (χ4n) is 5.26. The Hall–Kier alpha value is -3.01. The van der Waals surface area contributed by atoms with Gasteiger partial charge in [0.2, 0.25) is 11.8 Å². The first-order chi connectivity index (χ1) is 23.0. The summed E-state index contributed by atoms with van der Waals surface area (Å²) in [4.78, 5) is 42.9. The number of methoxy groups -OCH3 is 2. The summed E-state index contributed by atoms with van der Waals surface area (Å²) in [5.41, 5.74) is 12.5. The lowest BCUT2D eigenvalue weighted by atomic mass is 9.80. The lowest BCUT2D eigenvalue weighted by molar-refractivity contribution is -0.492. The number of carbonyl (C=O) groups is 3. The lowest BCUT2D eigenvalue weighted by Gasteiger charge is -2.33. The Morgan fingerprint density at radius 3 is 2.20 bits per heavy atom. The van der Waals surface area contributed by atoms with Crippen molar-refractivity contribution in [3.63, 3.8) is 0 Å². The van der Waals surface area contributed by atoms with Crippen LogP contribution in [0.2, 0.25) is 0 Å². The minimum absolute atomic E-state index is 0.00179. The molecule has 0 saturated heterocycles. The van der Waals surface area contributed by atoms with Crippen molar-refractivity contribution in [2.75, 3.05) is 40.6 Å². The monoisotopic (exact) mass is 698 g/mol. The van der Waals surface area contributed by atoms with Gasteiger partial charge < -0.3 is 35.7 Å². The minimum Gasteiger partial charge on any atom is -0.493 e. The number of unbranched alkanes of at least 4 members (excludes halogenated alkanes) is 1. The van der Waals surface area contributed by atoms with Gasteiger partial charge in [0.15, 0.2) is 11.5 Å². The third-order valence-electron chi connectivity index (χ3n) is 8.74. The quantitative estimate of drug-likeness (QED) is 0.0529. The number of hydrogen-bond donors (Lipinski definition) is 5. The van der Waals surface area contributed by atoms with Crippen molar-refractivity contribution in [3.8, 4) is 11.5 Å². The Balaban J connectivity index is 3.20. The fraction of sp³-hybridized carbons (Fsp3) is 0.743. The van der Waals surface area contributed by atoms with Crippen LogP contribution in [0.15, 0.2) is 18.2 Å². The first-order valence-electron chi connectivity index (χ1n) is 17.1. The van der Waals surface area contributed by atoms with E-state index in [1.54, 1.807) is 28.1 Å². The van der Waals surface area contributed by atoms with E-state index in [0.717, 1.165) is 12.0 Å². The van der Waals surface area contributed by atoms with Crippen LogP contribution in [0, 0.1) is 29.1 Å². The van der Waals surface area contributed by atoms with E-state index < -0.39 is 35.4 Å². The number of primary amides is 1. The zero-order valence-corrected chi connectivity index (χ0v) is 30.7. The molecule has 0 saturated carbocycles. The number of esters is 1. The molecule has 49 heavy (non-hydrogen) atoms. The number of amides is 2. The number of nitrogens with zero attached hydrogens (tertiary/aromatic N) is 1.